The van der Waals surface area contributed by atoms with Gasteiger partial charge in [0.25, 0.3) is 0 Å². The second-order valence-electron chi connectivity index (χ2n) is 3.99. The van der Waals surface area contributed by atoms with Crippen LogP contribution in [-0.4, -0.2) is 41.2 Å². The maximum atomic E-state index is 11.8. The second-order valence-corrected chi connectivity index (χ2v) is 8.10. The van der Waals surface area contributed by atoms with Gasteiger partial charge in [0.05, 0.1) is 17.2 Å². The van der Waals surface area contributed by atoms with Gasteiger partial charge in [0.2, 0.25) is 10.0 Å². The van der Waals surface area contributed by atoms with Crippen molar-refractivity contribution in [2.75, 3.05) is 29.1 Å². The zero-order chi connectivity index (χ0) is 15.2. The Labute approximate surface area is 118 Å². The van der Waals surface area contributed by atoms with E-state index in [-0.39, 0.29) is 18.0 Å². The average Bonchev–Trinajstić information content (AvgIpc) is 2.34. The molecular formula is C11H14N2O5S2. The molecule has 110 valence electrons. The molecule has 0 aliphatic rings. The number of nitrogens with zero attached hydrogens (tertiary/aromatic N) is 1. The molecule has 20 heavy (non-hydrogen) atoms. The van der Waals surface area contributed by atoms with Gasteiger partial charge in [0.15, 0.2) is 6.61 Å². The van der Waals surface area contributed by atoms with Crippen molar-refractivity contribution in [1.29, 1.82) is 5.26 Å². The molecule has 0 radical (unpaired) electrons. The molecule has 0 unspecified atom stereocenters. The van der Waals surface area contributed by atoms with E-state index in [9.17, 15) is 16.8 Å². The third-order valence-corrected chi connectivity index (χ3v) is 4.64. The number of ether oxygens (including phenoxy) is 1. The molecule has 0 bridgehead atoms. The Bertz CT molecular complexity index is 705. The number of para-hydroxylation sites is 2. The van der Waals surface area contributed by atoms with E-state index in [0.29, 0.717) is 0 Å². The first-order chi connectivity index (χ1) is 9.23. The smallest absolute Gasteiger partial charge is 0.233 e. The number of anilines is 1. The number of nitriles is 1. The van der Waals surface area contributed by atoms with E-state index in [2.05, 4.69) is 4.72 Å². The number of hydrogen-bond acceptors (Lipinski definition) is 6. The average molecular weight is 318 g/mol. The van der Waals surface area contributed by atoms with Crippen molar-refractivity contribution in [1.82, 2.24) is 0 Å². The lowest BCUT2D eigenvalue weighted by Crippen LogP contribution is -2.22. The molecule has 1 aromatic rings. The fraction of sp³-hybridized carbons (Fsp3) is 0.364. The van der Waals surface area contributed by atoms with Crippen molar-refractivity contribution >= 4 is 25.5 Å². The lowest BCUT2D eigenvalue weighted by Gasteiger charge is -2.11. The van der Waals surface area contributed by atoms with E-state index < -0.39 is 31.4 Å². The van der Waals surface area contributed by atoms with Crippen LogP contribution in [0, 0.1) is 11.3 Å². The third-order valence-electron chi connectivity index (χ3n) is 2.17. The van der Waals surface area contributed by atoms with Gasteiger partial charge in [-0.25, -0.2) is 16.8 Å². The van der Waals surface area contributed by atoms with Crippen LogP contribution in [-0.2, 0) is 19.9 Å². The lowest BCUT2D eigenvalue weighted by atomic mass is 10.3. The molecule has 0 fully saturated rings. The van der Waals surface area contributed by atoms with E-state index in [1.54, 1.807) is 18.2 Å². The van der Waals surface area contributed by atoms with E-state index in [1.165, 1.54) is 12.1 Å². The Balaban J connectivity index is 2.84. The molecular weight excluding hydrogens is 304 g/mol. The van der Waals surface area contributed by atoms with Crippen molar-refractivity contribution < 1.29 is 21.6 Å². The van der Waals surface area contributed by atoms with Crippen molar-refractivity contribution in [3.8, 4) is 11.8 Å². The summed E-state index contributed by atoms with van der Waals surface area (Å²) in [6.07, 6.45) is 0.965. The van der Waals surface area contributed by atoms with Gasteiger partial charge in [-0.1, -0.05) is 12.1 Å². The van der Waals surface area contributed by atoms with Gasteiger partial charge in [-0.05, 0) is 12.1 Å². The highest BCUT2D eigenvalue weighted by Crippen LogP contribution is 2.24. The normalized spacial score (nSPS) is 11.6. The largest absolute Gasteiger partial charge is 0.477 e. The van der Waals surface area contributed by atoms with Crippen LogP contribution in [0.2, 0.25) is 0 Å². The minimum atomic E-state index is -3.81. The summed E-state index contributed by atoms with van der Waals surface area (Å²) < 4.78 is 52.8. The van der Waals surface area contributed by atoms with Crippen LogP contribution >= 0.6 is 0 Å². The molecule has 0 aliphatic heterocycles. The molecule has 0 amide bonds. The third kappa shape index (κ3) is 5.90. The van der Waals surface area contributed by atoms with Crippen LogP contribution in [0.4, 0.5) is 5.69 Å². The standard InChI is InChI=1S/C11H14N2O5S2/c1-19(14,15)8-9-20(16,17)13-10-4-2-3-5-11(10)18-7-6-12/h2-5,13H,7-9H2,1H3. The van der Waals surface area contributed by atoms with E-state index in [4.69, 9.17) is 10.00 Å². The summed E-state index contributed by atoms with van der Waals surface area (Å²) in [5, 5.41) is 8.44. The predicted molar refractivity (Wildman–Crippen MR) is 74.7 cm³/mol. The van der Waals surface area contributed by atoms with Crippen molar-refractivity contribution in [3.63, 3.8) is 0 Å². The molecule has 1 aromatic carbocycles. The zero-order valence-electron chi connectivity index (χ0n) is 10.7. The molecule has 0 aromatic heterocycles. The monoisotopic (exact) mass is 318 g/mol. The van der Waals surface area contributed by atoms with Gasteiger partial charge in [-0.2, -0.15) is 5.26 Å². The van der Waals surface area contributed by atoms with Crippen molar-refractivity contribution in [2.45, 2.75) is 0 Å². The van der Waals surface area contributed by atoms with Crippen LogP contribution < -0.4 is 9.46 Å². The van der Waals surface area contributed by atoms with Gasteiger partial charge in [-0.15, -0.1) is 0 Å². The van der Waals surface area contributed by atoms with Crippen LogP contribution in [0.3, 0.4) is 0 Å². The van der Waals surface area contributed by atoms with Crippen molar-refractivity contribution in [3.05, 3.63) is 24.3 Å². The number of sulfonamides is 1. The van der Waals surface area contributed by atoms with Gasteiger partial charge < -0.3 is 4.74 Å². The summed E-state index contributed by atoms with van der Waals surface area (Å²) in [6.45, 7) is -0.220. The molecule has 1 N–H and O–H groups in total. The first kappa shape index (κ1) is 16.3. The lowest BCUT2D eigenvalue weighted by molar-refractivity contribution is 0.370. The summed E-state index contributed by atoms with van der Waals surface area (Å²) in [5.41, 5.74) is 0.163. The van der Waals surface area contributed by atoms with Gasteiger partial charge in [-0.3, -0.25) is 4.72 Å². The number of sulfone groups is 1. The summed E-state index contributed by atoms with van der Waals surface area (Å²) in [7, 11) is -7.17. The zero-order valence-corrected chi connectivity index (χ0v) is 12.4. The van der Waals surface area contributed by atoms with Gasteiger partial charge in [0, 0.05) is 6.26 Å². The second kappa shape index (κ2) is 6.58. The Morgan fingerprint density at radius 2 is 1.85 bits per heavy atom. The fourth-order valence-corrected chi connectivity index (χ4v) is 3.96. The minimum absolute atomic E-state index is 0.163. The molecule has 1 rings (SSSR count). The molecule has 0 heterocycles. The summed E-state index contributed by atoms with van der Waals surface area (Å²) in [4.78, 5) is 0. The Morgan fingerprint density at radius 1 is 1.20 bits per heavy atom. The molecule has 0 aliphatic carbocycles. The molecule has 9 heteroatoms. The maximum absolute atomic E-state index is 11.8. The number of benzene rings is 1. The predicted octanol–water partition coefficient (Wildman–Crippen LogP) is 0.375. The SMILES string of the molecule is CS(=O)(=O)CCS(=O)(=O)Nc1ccccc1OCC#N. The first-order valence-electron chi connectivity index (χ1n) is 5.50. The van der Waals surface area contributed by atoms with E-state index >= 15 is 0 Å². The highest BCUT2D eigenvalue weighted by Gasteiger charge is 2.16. The van der Waals surface area contributed by atoms with Crippen molar-refractivity contribution in [2.24, 2.45) is 0 Å². The van der Waals surface area contributed by atoms with Gasteiger partial charge >= 0.3 is 0 Å². The minimum Gasteiger partial charge on any atom is -0.477 e. The van der Waals surface area contributed by atoms with E-state index in [0.717, 1.165) is 6.26 Å². The Hall–Kier alpha value is -1.79. The quantitative estimate of drug-likeness (QED) is 0.777. The molecule has 7 nitrogen and oxygen atoms in total. The van der Waals surface area contributed by atoms with Crippen LogP contribution in [0.25, 0.3) is 0 Å². The van der Waals surface area contributed by atoms with E-state index in [1.807, 2.05) is 0 Å². The van der Waals surface area contributed by atoms with Crippen LogP contribution in [0.15, 0.2) is 24.3 Å². The highest BCUT2D eigenvalue weighted by atomic mass is 32.2. The number of rotatable bonds is 7. The fourth-order valence-electron chi connectivity index (χ4n) is 1.27. The Kier molecular flexibility index (Phi) is 5.35. The maximum Gasteiger partial charge on any atom is 0.233 e. The number of nitrogens with one attached hydrogen (secondary N) is 1. The van der Waals surface area contributed by atoms with Crippen LogP contribution in [0.5, 0.6) is 5.75 Å². The highest BCUT2D eigenvalue weighted by molar-refractivity contribution is 7.95. The summed E-state index contributed by atoms with van der Waals surface area (Å²) >= 11 is 0. The molecule has 0 saturated carbocycles. The topological polar surface area (TPSA) is 113 Å². The number of hydrogen-bond donors (Lipinski definition) is 1. The summed E-state index contributed by atoms with van der Waals surface area (Å²) in [6, 6.07) is 7.96. The summed E-state index contributed by atoms with van der Waals surface area (Å²) in [5.74, 6) is -0.806. The van der Waals surface area contributed by atoms with Gasteiger partial charge in [0.1, 0.15) is 21.7 Å². The molecule has 0 saturated heterocycles. The molecule has 0 spiro atoms. The Morgan fingerprint density at radius 3 is 2.45 bits per heavy atom. The first-order valence-corrected chi connectivity index (χ1v) is 9.22. The molecule has 0 atom stereocenters. The van der Waals surface area contributed by atoms with Crippen LogP contribution in [0.1, 0.15) is 0 Å².